The Bertz CT molecular complexity index is 1700. The molecule has 0 unspecified atom stereocenters. The van der Waals surface area contributed by atoms with Gasteiger partial charge in [0.25, 0.3) is 21.8 Å². The van der Waals surface area contributed by atoms with Crippen LogP contribution in [-0.4, -0.2) is 46.7 Å². The van der Waals surface area contributed by atoms with Crippen LogP contribution < -0.4 is 24.5 Å². The Morgan fingerprint density at radius 3 is 2.21 bits per heavy atom. The predicted octanol–water partition coefficient (Wildman–Crippen LogP) is 5.37. The maximum atomic E-state index is 13.4. The predicted molar refractivity (Wildman–Crippen MR) is 167 cm³/mol. The number of rotatable bonds is 12. The zero-order valence-electron chi connectivity index (χ0n) is 22.7. The summed E-state index contributed by atoms with van der Waals surface area (Å²) in [5, 5.41) is 7.07. The van der Waals surface area contributed by atoms with E-state index in [1.165, 1.54) is 43.7 Å². The van der Waals surface area contributed by atoms with Crippen LogP contribution in [0.2, 0.25) is 10.0 Å². The van der Waals surface area contributed by atoms with Gasteiger partial charge in [-0.25, -0.2) is 13.8 Å². The number of nitrogens with zero attached hydrogens (tertiary/aromatic N) is 2. The first-order chi connectivity index (χ1) is 20.7. The van der Waals surface area contributed by atoms with E-state index >= 15 is 0 Å². The van der Waals surface area contributed by atoms with Crippen LogP contribution in [0.5, 0.6) is 11.5 Å². The van der Waals surface area contributed by atoms with Crippen molar-refractivity contribution in [3.05, 3.63) is 113 Å². The molecule has 0 aromatic heterocycles. The van der Waals surface area contributed by atoms with Crippen molar-refractivity contribution < 1.29 is 27.5 Å². The number of hydrogen-bond donors (Lipinski definition) is 2. The van der Waals surface area contributed by atoms with Gasteiger partial charge in [0, 0.05) is 10.0 Å². The van der Waals surface area contributed by atoms with Crippen LogP contribution >= 0.6 is 23.2 Å². The number of methoxy groups -OCH3 is 1. The van der Waals surface area contributed by atoms with Crippen molar-refractivity contribution in [1.29, 1.82) is 0 Å². The van der Waals surface area contributed by atoms with Crippen molar-refractivity contribution in [2.75, 3.05) is 29.9 Å². The highest BCUT2D eigenvalue weighted by Gasteiger charge is 2.27. The molecule has 0 fully saturated rings. The maximum absolute atomic E-state index is 13.4. The van der Waals surface area contributed by atoms with Crippen LogP contribution in [0, 0.1) is 0 Å². The molecule has 2 N–H and O–H groups in total. The van der Waals surface area contributed by atoms with E-state index in [0.717, 1.165) is 4.31 Å². The lowest BCUT2D eigenvalue weighted by atomic mass is 10.2. The molecule has 0 saturated carbocycles. The third-order valence-corrected chi connectivity index (χ3v) is 8.01. The summed E-state index contributed by atoms with van der Waals surface area (Å²) in [5.74, 6) is -0.0849. The van der Waals surface area contributed by atoms with Gasteiger partial charge < -0.3 is 14.8 Å². The van der Waals surface area contributed by atoms with E-state index in [4.69, 9.17) is 32.7 Å². The number of benzene rings is 4. The molecule has 4 rings (SSSR count). The molecule has 0 atom stereocenters. The molecule has 0 heterocycles. The zero-order chi connectivity index (χ0) is 30.8. The Kier molecular flexibility index (Phi) is 10.6. The van der Waals surface area contributed by atoms with E-state index in [9.17, 15) is 18.0 Å². The Balaban J connectivity index is 1.36. The Morgan fingerprint density at radius 1 is 0.884 bits per heavy atom. The molecule has 0 aliphatic carbocycles. The molecule has 4 aromatic rings. The second-order valence-corrected chi connectivity index (χ2v) is 11.6. The number of carbonyl (C=O) groups is 2. The molecule has 43 heavy (non-hydrogen) atoms. The summed E-state index contributed by atoms with van der Waals surface area (Å²) in [5.41, 5.74) is 3.60. The number of amides is 2. The lowest BCUT2D eigenvalue weighted by Gasteiger charge is -2.24. The fourth-order valence-corrected chi connectivity index (χ4v) is 5.74. The number of para-hydroxylation sites is 2. The molecule has 10 nitrogen and oxygen atoms in total. The lowest BCUT2D eigenvalue weighted by molar-refractivity contribution is -0.119. The van der Waals surface area contributed by atoms with Crippen molar-refractivity contribution in [3.8, 4) is 11.5 Å². The maximum Gasteiger partial charge on any atom is 0.264 e. The topological polar surface area (TPSA) is 126 Å². The number of carbonyl (C=O) groups excluding carboxylic acids is 2. The number of hydrogen-bond acceptors (Lipinski definition) is 7. The van der Waals surface area contributed by atoms with Gasteiger partial charge in [-0.1, -0.05) is 53.5 Å². The van der Waals surface area contributed by atoms with Crippen molar-refractivity contribution >= 4 is 62.6 Å². The standard InChI is InChI=1S/C30H26Cl2N4O6S/c1-41-28-10-6-5-9-27(28)34-30(38)20-42-25-13-11-21(12-14-25)18-33-35-29(37)19-36(24-16-22(31)15-23(32)17-24)43(39,40)26-7-3-2-4-8-26/h2-18H,19-20H2,1H3,(H,34,38)(H,35,37)/b33-18-. The average molecular weight is 642 g/mol. The van der Waals surface area contributed by atoms with E-state index < -0.39 is 22.5 Å². The molecule has 0 aliphatic heterocycles. The van der Waals surface area contributed by atoms with Gasteiger partial charge in [-0.2, -0.15) is 5.10 Å². The van der Waals surface area contributed by atoms with Crippen molar-refractivity contribution in [1.82, 2.24) is 5.43 Å². The molecular formula is C30H26Cl2N4O6S. The quantitative estimate of drug-likeness (QED) is 0.158. The summed E-state index contributed by atoms with van der Waals surface area (Å²) in [6.07, 6.45) is 1.38. The fourth-order valence-electron chi connectivity index (χ4n) is 3.80. The highest BCUT2D eigenvalue weighted by Crippen LogP contribution is 2.29. The number of hydrazone groups is 1. The minimum atomic E-state index is -4.14. The van der Waals surface area contributed by atoms with Gasteiger partial charge in [0.15, 0.2) is 6.61 Å². The normalized spacial score (nSPS) is 11.1. The summed E-state index contributed by atoms with van der Waals surface area (Å²) in [6, 6.07) is 25.6. The van der Waals surface area contributed by atoms with E-state index in [-0.39, 0.29) is 33.1 Å². The monoisotopic (exact) mass is 640 g/mol. The molecule has 4 aromatic carbocycles. The SMILES string of the molecule is COc1ccccc1NC(=O)COc1ccc(/C=N\NC(=O)CN(c2cc(Cl)cc(Cl)c2)S(=O)(=O)c2ccccc2)cc1. The molecule has 0 aliphatic rings. The number of ether oxygens (including phenoxy) is 2. The van der Waals surface area contributed by atoms with Gasteiger partial charge in [0.05, 0.1) is 29.6 Å². The first kappa shape index (κ1) is 31.4. The van der Waals surface area contributed by atoms with Gasteiger partial charge in [-0.15, -0.1) is 0 Å². The van der Waals surface area contributed by atoms with Gasteiger partial charge >= 0.3 is 0 Å². The molecule has 0 radical (unpaired) electrons. The van der Waals surface area contributed by atoms with Crippen LogP contribution in [-0.2, 0) is 19.6 Å². The summed E-state index contributed by atoms with van der Waals surface area (Å²) in [4.78, 5) is 25.0. The van der Waals surface area contributed by atoms with Gasteiger partial charge in [0.2, 0.25) is 0 Å². The van der Waals surface area contributed by atoms with Crippen molar-refractivity contribution in [3.63, 3.8) is 0 Å². The van der Waals surface area contributed by atoms with E-state index in [0.29, 0.717) is 22.7 Å². The summed E-state index contributed by atoms with van der Waals surface area (Å²) >= 11 is 12.2. The molecule has 2 amide bonds. The summed E-state index contributed by atoms with van der Waals surface area (Å²) < 4.78 is 38.5. The molecular weight excluding hydrogens is 615 g/mol. The van der Waals surface area contributed by atoms with Crippen LogP contribution in [0.25, 0.3) is 0 Å². The van der Waals surface area contributed by atoms with Crippen LogP contribution in [0.4, 0.5) is 11.4 Å². The molecule has 0 saturated heterocycles. The Labute approximate surface area is 258 Å². The number of anilines is 2. The highest BCUT2D eigenvalue weighted by molar-refractivity contribution is 7.92. The molecule has 0 bridgehead atoms. The van der Waals surface area contributed by atoms with Crippen LogP contribution in [0.15, 0.2) is 107 Å². The second kappa shape index (κ2) is 14.5. The number of sulfonamides is 1. The third kappa shape index (κ3) is 8.71. The second-order valence-electron chi connectivity index (χ2n) is 8.85. The van der Waals surface area contributed by atoms with Crippen molar-refractivity contribution in [2.45, 2.75) is 4.90 Å². The number of nitrogens with one attached hydrogen (secondary N) is 2. The smallest absolute Gasteiger partial charge is 0.264 e. The van der Waals surface area contributed by atoms with Gasteiger partial charge in [-0.05, 0) is 72.3 Å². The van der Waals surface area contributed by atoms with E-state index in [1.807, 2.05) is 0 Å². The Morgan fingerprint density at radius 2 is 1.53 bits per heavy atom. The first-order valence-corrected chi connectivity index (χ1v) is 14.9. The molecule has 13 heteroatoms. The van der Waals surface area contributed by atoms with Crippen molar-refractivity contribution in [2.24, 2.45) is 5.10 Å². The first-order valence-electron chi connectivity index (χ1n) is 12.7. The van der Waals surface area contributed by atoms with E-state index in [2.05, 4.69) is 15.8 Å². The molecule has 0 spiro atoms. The summed E-state index contributed by atoms with van der Waals surface area (Å²) in [7, 11) is -2.63. The fraction of sp³-hybridized carbons (Fsp3) is 0.100. The average Bonchev–Trinajstić information content (AvgIpc) is 2.99. The van der Waals surface area contributed by atoms with Gasteiger partial charge in [-0.3, -0.25) is 13.9 Å². The minimum Gasteiger partial charge on any atom is -0.495 e. The highest BCUT2D eigenvalue weighted by atomic mass is 35.5. The van der Waals surface area contributed by atoms with Crippen LogP contribution in [0.1, 0.15) is 5.56 Å². The van der Waals surface area contributed by atoms with Gasteiger partial charge in [0.1, 0.15) is 18.0 Å². The van der Waals surface area contributed by atoms with Crippen LogP contribution in [0.3, 0.4) is 0 Å². The third-order valence-electron chi connectivity index (χ3n) is 5.79. The zero-order valence-corrected chi connectivity index (χ0v) is 25.1. The summed E-state index contributed by atoms with van der Waals surface area (Å²) in [6.45, 7) is -0.809. The van der Waals surface area contributed by atoms with E-state index in [1.54, 1.807) is 66.7 Å². The Hall–Kier alpha value is -4.58. The molecule has 222 valence electrons. The largest absolute Gasteiger partial charge is 0.495 e. The lowest BCUT2D eigenvalue weighted by Crippen LogP contribution is -2.39. The minimum absolute atomic E-state index is 0.0121. The number of halogens is 2.